The van der Waals surface area contributed by atoms with Crippen molar-refractivity contribution in [2.75, 3.05) is 0 Å². The zero-order valence-corrected chi connectivity index (χ0v) is 6.34. The molecule has 0 radical (unpaired) electrons. The van der Waals surface area contributed by atoms with E-state index in [4.69, 9.17) is 11.6 Å². The third-order valence-corrected chi connectivity index (χ3v) is 1.34. The van der Waals surface area contributed by atoms with E-state index in [1.807, 2.05) is 19.1 Å². The maximum atomic E-state index is 5.75. The summed E-state index contributed by atoms with van der Waals surface area (Å²) < 4.78 is 0. The molecular formula is C7H7ClN2. The standard InChI is InChI=1S/C7H7ClN2/c1-2-3-7-6(8)4-5-9-10-7/h2-5H,1H3/b3-2+. The van der Waals surface area contributed by atoms with Crippen molar-refractivity contribution in [3.05, 3.63) is 29.1 Å². The van der Waals surface area contributed by atoms with Crippen LogP contribution < -0.4 is 0 Å². The van der Waals surface area contributed by atoms with E-state index in [-0.39, 0.29) is 0 Å². The molecule has 0 amide bonds. The van der Waals surface area contributed by atoms with Crippen LogP contribution in [-0.2, 0) is 0 Å². The fourth-order valence-corrected chi connectivity index (χ4v) is 0.755. The Morgan fingerprint density at radius 2 is 2.40 bits per heavy atom. The molecule has 10 heavy (non-hydrogen) atoms. The van der Waals surface area contributed by atoms with Crippen LogP contribution in [0.15, 0.2) is 18.3 Å². The van der Waals surface area contributed by atoms with Crippen molar-refractivity contribution < 1.29 is 0 Å². The summed E-state index contributed by atoms with van der Waals surface area (Å²) >= 11 is 5.75. The highest BCUT2D eigenvalue weighted by Crippen LogP contribution is 2.11. The molecule has 0 aromatic carbocycles. The van der Waals surface area contributed by atoms with Gasteiger partial charge in [-0.05, 0) is 19.1 Å². The molecule has 1 rings (SSSR count). The Labute approximate surface area is 64.5 Å². The molecular weight excluding hydrogens is 148 g/mol. The molecule has 1 heterocycles. The van der Waals surface area contributed by atoms with Gasteiger partial charge in [0.1, 0.15) is 5.69 Å². The molecule has 0 bridgehead atoms. The summed E-state index contributed by atoms with van der Waals surface area (Å²) in [6.45, 7) is 1.91. The highest BCUT2D eigenvalue weighted by molar-refractivity contribution is 6.31. The summed E-state index contributed by atoms with van der Waals surface area (Å²) in [5.41, 5.74) is 0.715. The smallest absolute Gasteiger partial charge is 0.104 e. The van der Waals surface area contributed by atoms with E-state index in [1.54, 1.807) is 12.3 Å². The van der Waals surface area contributed by atoms with Crippen LogP contribution in [0.3, 0.4) is 0 Å². The van der Waals surface area contributed by atoms with Gasteiger partial charge in [-0.3, -0.25) is 0 Å². The van der Waals surface area contributed by atoms with Gasteiger partial charge in [0.2, 0.25) is 0 Å². The minimum Gasteiger partial charge on any atom is -0.158 e. The number of aromatic nitrogens is 2. The average molecular weight is 155 g/mol. The second-order valence-electron chi connectivity index (χ2n) is 1.76. The first-order chi connectivity index (χ1) is 4.84. The first-order valence-electron chi connectivity index (χ1n) is 2.94. The first kappa shape index (κ1) is 7.22. The fourth-order valence-electron chi connectivity index (χ4n) is 0.598. The quantitative estimate of drug-likeness (QED) is 0.620. The topological polar surface area (TPSA) is 25.8 Å². The van der Waals surface area contributed by atoms with Crippen LogP contribution in [0.2, 0.25) is 5.02 Å². The lowest BCUT2D eigenvalue weighted by molar-refractivity contribution is 1.02. The van der Waals surface area contributed by atoms with Crippen LogP contribution in [0.4, 0.5) is 0 Å². The minimum absolute atomic E-state index is 0.633. The molecule has 0 atom stereocenters. The average Bonchev–Trinajstić information content (AvgIpc) is 1.94. The predicted molar refractivity (Wildman–Crippen MR) is 41.8 cm³/mol. The molecule has 0 saturated heterocycles. The third-order valence-electron chi connectivity index (χ3n) is 1.02. The van der Waals surface area contributed by atoms with E-state index in [1.165, 1.54) is 0 Å². The van der Waals surface area contributed by atoms with Crippen LogP contribution in [0.5, 0.6) is 0 Å². The summed E-state index contributed by atoms with van der Waals surface area (Å²) in [6.07, 6.45) is 5.25. The highest BCUT2D eigenvalue weighted by Gasteiger charge is 1.93. The third kappa shape index (κ3) is 1.54. The Morgan fingerprint density at radius 3 is 3.00 bits per heavy atom. The van der Waals surface area contributed by atoms with Gasteiger partial charge in [-0.25, -0.2) is 0 Å². The zero-order valence-electron chi connectivity index (χ0n) is 5.58. The van der Waals surface area contributed by atoms with E-state index in [9.17, 15) is 0 Å². The number of hydrogen-bond acceptors (Lipinski definition) is 2. The van der Waals surface area contributed by atoms with Crippen LogP contribution in [0.1, 0.15) is 12.6 Å². The van der Waals surface area contributed by atoms with E-state index in [2.05, 4.69) is 10.2 Å². The Kier molecular flexibility index (Phi) is 2.40. The molecule has 0 aliphatic carbocycles. The van der Waals surface area contributed by atoms with Crippen molar-refractivity contribution in [3.8, 4) is 0 Å². The van der Waals surface area contributed by atoms with Crippen molar-refractivity contribution in [2.24, 2.45) is 0 Å². The highest BCUT2D eigenvalue weighted by atomic mass is 35.5. The molecule has 0 aliphatic heterocycles. The minimum atomic E-state index is 0.633. The largest absolute Gasteiger partial charge is 0.158 e. The molecule has 0 unspecified atom stereocenters. The SMILES string of the molecule is C/C=C/c1nnccc1Cl. The van der Waals surface area contributed by atoms with E-state index in [0.717, 1.165) is 0 Å². The maximum Gasteiger partial charge on any atom is 0.104 e. The second-order valence-corrected chi connectivity index (χ2v) is 2.17. The lowest BCUT2D eigenvalue weighted by Crippen LogP contribution is -1.84. The molecule has 0 aliphatic rings. The lowest BCUT2D eigenvalue weighted by atomic mass is 10.3. The number of rotatable bonds is 1. The second kappa shape index (κ2) is 3.32. The molecule has 1 aromatic heterocycles. The van der Waals surface area contributed by atoms with E-state index >= 15 is 0 Å². The van der Waals surface area contributed by atoms with Crippen molar-refractivity contribution in [1.82, 2.24) is 10.2 Å². The number of nitrogens with zero attached hydrogens (tertiary/aromatic N) is 2. The zero-order chi connectivity index (χ0) is 7.40. The van der Waals surface area contributed by atoms with Crippen molar-refractivity contribution in [3.63, 3.8) is 0 Å². The predicted octanol–water partition coefficient (Wildman–Crippen LogP) is 2.16. The van der Waals surface area contributed by atoms with Gasteiger partial charge < -0.3 is 0 Å². The van der Waals surface area contributed by atoms with Gasteiger partial charge in [0, 0.05) is 0 Å². The van der Waals surface area contributed by atoms with Gasteiger partial charge in [-0.1, -0.05) is 17.7 Å². The normalized spacial score (nSPS) is 10.6. The molecule has 3 heteroatoms. The van der Waals surface area contributed by atoms with Crippen LogP contribution in [0.25, 0.3) is 6.08 Å². The first-order valence-corrected chi connectivity index (χ1v) is 3.32. The summed E-state index contributed by atoms with van der Waals surface area (Å²) in [6, 6.07) is 1.71. The Balaban J connectivity index is 3.03. The lowest BCUT2D eigenvalue weighted by Gasteiger charge is -1.91. The summed E-state index contributed by atoms with van der Waals surface area (Å²) in [7, 11) is 0. The molecule has 0 N–H and O–H groups in total. The Hall–Kier alpha value is -0.890. The number of hydrogen-bond donors (Lipinski definition) is 0. The van der Waals surface area contributed by atoms with Crippen molar-refractivity contribution in [1.29, 1.82) is 0 Å². The molecule has 2 nitrogen and oxygen atoms in total. The number of halogens is 1. The summed E-state index contributed by atoms with van der Waals surface area (Å²) in [5, 5.41) is 8.11. The van der Waals surface area contributed by atoms with Gasteiger partial charge in [-0.15, -0.1) is 5.10 Å². The van der Waals surface area contributed by atoms with Crippen LogP contribution >= 0.6 is 11.6 Å². The number of allylic oxidation sites excluding steroid dienone is 1. The van der Waals surface area contributed by atoms with Gasteiger partial charge in [-0.2, -0.15) is 5.10 Å². The van der Waals surface area contributed by atoms with Gasteiger partial charge in [0.05, 0.1) is 11.2 Å². The van der Waals surface area contributed by atoms with Crippen molar-refractivity contribution in [2.45, 2.75) is 6.92 Å². The van der Waals surface area contributed by atoms with Gasteiger partial charge >= 0.3 is 0 Å². The molecule has 0 fully saturated rings. The summed E-state index contributed by atoms with van der Waals surface area (Å²) in [5.74, 6) is 0. The molecule has 52 valence electrons. The van der Waals surface area contributed by atoms with Crippen LogP contribution in [-0.4, -0.2) is 10.2 Å². The van der Waals surface area contributed by atoms with Crippen molar-refractivity contribution >= 4 is 17.7 Å². The maximum absolute atomic E-state index is 5.75. The Bertz CT molecular complexity index is 245. The summed E-state index contributed by atoms with van der Waals surface area (Å²) in [4.78, 5) is 0. The molecule has 1 aromatic rings. The van der Waals surface area contributed by atoms with E-state index in [0.29, 0.717) is 10.7 Å². The van der Waals surface area contributed by atoms with Crippen LogP contribution in [0, 0.1) is 0 Å². The van der Waals surface area contributed by atoms with E-state index < -0.39 is 0 Å². The van der Waals surface area contributed by atoms with Gasteiger partial charge in [0.15, 0.2) is 0 Å². The van der Waals surface area contributed by atoms with Gasteiger partial charge in [0.25, 0.3) is 0 Å². The molecule has 0 saturated carbocycles. The fraction of sp³-hybridized carbons (Fsp3) is 0.143. The molecule has 0 spiro atoms. The Morgan fingerprint density at radius 1 is 1.60 bits per heavy atom. The monoisotopic (exact) mass is 154 g/mol.